The van der Waals surface area contributed by atoms with Gasteiger partial charge >= 0.3 is 0 Å². The third kappa shape index (κ3) is 3.93. The Kier molecular flexibility index (Phi) is 5.31. The molecule has 2 aromatic rings. The molecule has 110 valence electrons. The van der Waals surface area contributed by atoms with E-state index in [1.165, 1.54) is 18.3 Å². The molecule has 2 aromatic carbocycles. The van der Waals surface area contributed by atoms with E-state index in [0.717, 1.165) is 4.47 Å². The summed E-state index contributed by atoms with van der Waals surface area (Å²) < 4.78 is 1.28. The quantitative estimate of drug-likeness (QED) is 0.585. The predicted molar refractivity (Wildman–Crippen MR) is 89.7 cm³/mol. The second-order valence-electron chi connectivity index (χ2n) is 4.21. The highest BCUT2D eigenvalue weighted by atomic mass is 79.9. The molecule has 0 fully saturated rings. The molecule has 5 nitrogen and oxygen atoms in total. The number of hydrogen-bond donors (Lipinski definition) is 2. The second kappa shape index (κ2) is 7.20. The van der Waals surface area contributed by atoms with Crippen molar-refractivity contribution in [1.82, 2.24) is 5.43 Å². The molecular weight excluding hydrogens is 414 g/mol. The normalized spacial score (nSPS) is 10.4. The van der Waals surface area contributed by atoms with Crippen molar-refractivity contribution in [3.8, 4) is 11.8 Å². The maximum absolute atomic E-state index is 11.9. The van der Waals surface area contributed by atoms with Gasteiger partial charge in [0.05, 0.1) is 22.3 Å². The van der Waals surface area contributed by atoms with Gasteiger partial charge in [0, 0.05) is 15.6 Å². The van der Waals surface area contributed by atoms with Crippen LogP contribution in [0.3, 0.4) is 0 Å². The Hall–Kier alpha value is -2.17. The van der Waals surface area contributed by atoms with Gasteiger partial charge in [-0.3, -0.25) is 4.79 Å². The summed E-state index contributed by atoms with van der Waals surface area (Å²) in [6, 6.07) is 11.5. The van der Waals surface area contributed by atoms with Gasteiger partial charge in [0.1, 0.15) is 5.75 Å². The van der Waals surface area contributed by atoms with Crippen molar-refractivity contribution in [2.75, 3.05) is 0 Å². The standard InChI is InChI=1S/C15H9Br2N3O2/c16-12-5-11(14(21)13(17)6-12)8-19-20-15(22)10-3-1-9(7-18)2-4-10/h1-6,8,21H,(H,20,22)/b19-8+. The summed E-state index contributed by atoms with van der Waals surface area (Å²) in [4.78, 5) is 11.9. The molecular formula is C15H9Br2N3O2. The lowest BCUT2D eigenvalue weighted by Gasteiger charge is -2.03. The summed E-state index contributed by atoms with van der Waals surface area (Å²) >= 11 is 6.51. The Labute approximate surface area is 143 Å². The minimum atomic E-state index is -0.408. The molecule has 0 aliphatic heterocycles. The van der Waals surface area contributed by atoms with Gasteiger partial charge in [0.2, 0.25) is 0 Å². The van der Waals surface area contributed by atoms with E-state index in [-0.39, 0.29) is 5.75 Å². The number of benzene rings is 2. The van der Waals surface area contributed by atoms with Crippen LogP contribution < -0.4 is 5.43 Å². The second-order valence-corrected chi connectivity index (χ2v) is 5.98. The molecule has 0 unspecified atom stereocenters. The molecule has 0 bridgehead atoms. The van der Waals surface area contributed by atoms with E-state index >= 15 is 0 Å². The van der Waals surface area contributed by atoms with Crippen LogP contribution in [0, 0.1) is 11.3 Å². The zero-order valence-corrected chi connectivity index (χ0v) is 14.2. The van der Waals surface area contributed by atoms with Crippen LogP contribution in [-0.4, -0.2) is 17.2 Å². The molecule has 0 spiro atoms. The van der Waals surface area contributed by atoms with Crippen LogP contribution in [0.2, 0.25) is 0 Å². The van der Waals surface area contributed by atoms with Gasteiger partial charge in [0.15, 0.2) is 0 Å². The molecule has 22 heavy (non-hydrogen) atoms. The molecule has 7 heteroatoms. The first kappa shape index (κ1) is 16.2. The van der Waals surface area contributed by atoms with E-state index in [1.807, 2.05) is 6.07 Å². The number of carbonyl (C=O) groups excluding carboxylic acids is 1. The summed E-state index contributed by atoms with van der Waals surface area (Å²) in [5.74, 6) is -0.381. The van der Waals surface area contributed by atoms with Crippen LogP contribution in [0.4, 0.5) is 0 Å². The Morgan fingerprint density at radius 3 is 2.59 bits per heavy atom. The van der Waals surface area contributed by atoms with E-state index in [4.69, 9.17) is 5.26 Å². The first-order chi connectivity index (χ1) is 10.5. The monoisotopic (exact) mass is 421 g/mol. The van der Waals surface area contributed by atoms with Crippen LogP contribution in [0.15, 0.2) is 50.4 Å². The molecule has 0 saturated carbocycles. The van der Waals surface area contributed by atoms with Crippen molar-refractivity contribution in [3.63, 3.8) is 0 Å². The zero-order valence-electron chi connectivity index (χ0n) is 11.0. The predicted octanol–water partition coefficient (Wildman–Crippen LogP) is 3.55. The maximum atomic E-state index is 11.9. The van der Waals surface area contributed by atoms with E-state index in [0.29, 0.717) is 21.2 Å². The molecule has 0 aliphatic rings. The SMILES string of the molecule is N#Cc1ccc(C(=O)N/N=C/c2cc(Br)cc(Br)c2O)cc1. The number of amides is 1. The van der Waals surface area contributed by atoms with Crippen molar-refractivity contribution in [2.45, 2.75) is 0 Å². The van der Waals surface area contributed by atoms with E-state index in [9.17, 15) is 9.90 Å². The molecule has 0 heterocycles. The Morgan fingerprint density at radius 1 is 1.27 bits per heavy atom. The Balaban J connectivity index is 2.09. The Bertz CT molecular complexity index is 781. The van der Waals surface area contributed by atoms with Crippen molar-refractivity contribution >= 4 is 44.0 Å². The highest BCUT2D eigenvalue weighted by Crippen LogP contribution is 2.30. The number of nitrogens with zero attached hydrogens (tertiary/aromatic N) is 2. The summed E-state index contributed by atoms with van der Waals surface area (Å²) in [7, 11) is 0. The van der Waals surface area contributed by atoms with Gasteiger partial charge < -0.3 is 5.11 Å². The fourth-order valence-electron chi connectivity index (χ4n) is 1.61. The van der Waals surface area contributed by atoms with E-state index in [2.05, 4.69) is 42.4 Å². The first-order valence-corrected chi connectivity index (χ1v) is 7.61. The Morgan fingerprint density at radius 2 is 1.95 bits per heavy atom. The minimum absolute atomic E-state index is 0.0274. The third-order valence-corrected chi connectivity index (χ3v) is 3.77. The summed E-state index contributed by atoms with van der Waals surface area (Å²) in [6.07, 6.45) is 1.34. The number of hydrazone groups is 1. The van der Waals surface area contributed by atoms with Gasteiger partial charge in [-0.15, -0.1) is 0 Å². The average molecular weight is 423 g/mol. The van der Waals surface area contributed by atoms with Gasteiger partial charge in [0.25, 0.3) is 5.91 Å². The number of rotatable bonds is 3. The average Bonchev–Trinajstić information content (AvgIpc) is 2.51. The summed E-state index contributed by atoms with van der Waals surface area (Å²) in [5.41, 5.74) is 3.66. The number of halogens is 2. The van der Waals surface area contributed by atoms with Crippen LogP contribution in [0.1, 0.15) is 21.5 Å². The maximum Gasteiger partial charge on any atom is 0.271 e. The summed E-state index contributed by atoms with van der Waals surface area (Å²) in [6.45, 7) is 0. The lowest BCUT2D eigenvalue weighted by atomic mass is 10.1. The molecule has 1 amide bonds. The van der Waals surface area contributed by atoms with Crippen molar-refractivity contribution in [2.24, 2.45) is 5.10 Å². The highest BCUT2D eigenvalue weighted by Gasteiger charge is 2.06. The largest absolute Gasteiger partial charge is 0.506 e. The van der Waals surface area contributed by atoms with Crippen LogP contribution in [0.25, 0.3) is 0 Å². The fourth-order valence-corrected chi connectivity index (χ4v) is 2.86. The molecule has 0 aromatic heterocycles. The van der Waals surface area contributed by atoms with Crippen LogP contribution in [0.5, 0.6) is 5.75 Å². The van der Waals surface area contributed by atoms with Crippen molar-refractivity contribution in [3.05, 3.63) is 62.0 Å². The molecule has 0 saturated heterocycles. The number of nitriles is 1. The first-order valence-electron chi connectivity index (χ1n) is 6.03. The highest BCUT2D eigenvalue weighted by molar-refractivity contribution is 9.11. The van der Waals surface area contributed by atoms with Crippen LogP contribution >= 0.6 is 31.9 Å². The van der Waals surface area contributed by atoms with Gasteiger partial charge in [-0.25, -0.2) is 5.43 Å². The van der Waals surface area contributed by atoms with Gasteiger partial charge in [-0.1, -0.05) is 15.9 Å². The third-order valence-electron chi connectivity index (χ3n) is 2.70. The topological polar surface area (TPSA) is 85.5 Å². The zero-order chi connectivity index (χ0) is 16.1. The van der Waals surface area contributed by atoms with E-state index < -0.39 is 5.91 Å². The number of phenolic OH excluding ortho intramolecular Hbond substituents is 1. The number of hydrogen-bond acceptors (Lipinski definition) is 4. The van der Waals surface area contributed by atoms with Crippen LogP contribution in [-0.2, 0) is 0 Å². The number of aromatic hydroxyl groups is 1. The lowest BCUT2D eigenvalue weighted by Crippen LogP contribution is -2.17. The molecule has 0 radical (unpaired) electrons. The number of nitrogens with one attached hydrogen (secondary N) is 1. The van der Waals surface area contributed by atoms with Crippen molar-refractivity contribution in [1.29, 1.82) is 5.26 Å². The van der Waals surface area contributed by atoms with Gasteiger partial charge in [-0.2, -0.15) is 10.4 Å². The summed E-state index contributed by atoms with van der Waals surface area (Å²) in [5, 5.41) is 22.4. The molecule has 0 aliphatic carbocycles. The van der Waals surface area contributed by atoms with E-state index in [1.54, 1.807) is 24.3 Å². The molecule has 0 atom stereocenters. The number of carbonyl (C=O) groups is 1. The molecule has 2 rings (SSSR count). The lowest BCUT2D eigenvalue weighted by molar-refractivity contribution is 0.0955. The van der Waals surface area contributed by atoms with Gasteiger partial charge in [-0.05, 0) is 52.3 Å². The smallest absolute Gasteiger partial charge is 0.271 e. The number of phenols is 1. The minimum Gasteiger partial charge on any atom is -0.506 e. The molecule has 2 N–H and O–H groups in total. The fraction of sp³-hybridized carbons (Fsp3) is 0. The van der Waals surface area contributed by atoms with Crippen molar-refractivity contribution < 1.29 is 9.90 Å².